The van der Waals surface area contributed by atoms with E-state index in [1.807, 2.05) is 0 Å². The summed E-state index contributed by atoms with van der Waals surface area (Å²) in [4.78, 5) is 2.49. The van der Waals surface area contributed by atoms with Crippen molar-refractivity contribution in [2.75, 3.05) is 32.8 Å². The number of unbranched alkanes of at least 4 members (excludes halogenated alkanes) is 1. The monoisotopic (exact) mass is 494 g/mol. The van der Waals surface area contributed by atoms with Crippen molar-refractivity contribution in [2.24, 2.45) is 18.4 Å². The summed E-state index contributed by atoms with van der Waals surface area (Å²) in [6.45, 7) is 4.68. The molecule has 1 saturated carbocycles. The number of aromatic nitrogens is 3. The number of nitrogens with zero attached hydrogens (tertiary/aromatic N) is 4. The minimum Gasteiger partial charge on any atom is -0.381 e. The van der Waals surface area contributed by atoms with Crippen molar-refractivity contribution in [3.05, 3.63) is 46.8 Å². The molecule has 1 spiro atoms. The average Bonchev–Trinajstić information content (AvgIpc) is 3.12. The molecule has 1 aliphatic carbocycles. The minimum atomic E-state index is -4.51. The van der Waals surface area contributed by atoms with E-state index in [4.69, 9.17) is 4.74 Å². The van der Waals surface area contributed by atoms with Gasteiger partial charge in [-0.25, -0.2) is 4.39 Å². The first-order valence-electron chi connectivity index (χ1n) is 12.8. The normalized spacial score (nSPS) is 25.6. The van der Waals surface area contributed by atoms with Crippen LogP contribution in [-0.2, 0) is 30.8 Å². The van der Waals surface area contributed by atoms with Crippen LogP contribution in [0.1, 0.15) is 67.2 Å². The molecule has 2 aliphatic heterocycles. The lowest BCUT2D eigenvalue weighted by atomic mass is 9.97. The molecule has 2 atom stereocenters. The molecule has 0 unspecified atom stereocenters. The van der Waals surface area contributed by atoms with E-state index in [1.165, 1.54) is 6.07 Å². The van der Waals surface area contributed by atoms with Crippen LogP contribution in [0.25, 0.3) is 0 Å². The maximum atomic E-state index is 14.3. The summed E-state index contributed by atoms with van der Waals surface area (Å²) in [6.07, 6.45) is 3.24. The first kappa shape index (κ1) is 24.7. The highest BCUT2D eigenvalue weighted by atomic mass is 19.4. The summed E-state index contributed by atoms with van der Waals surface area (Å²) in [5.41, 5.74) is -0.295. The topological polar surface area (TPSA) is 43.2 Å². The van der Waals surface area contributed by atoms with Crippen LogP contribution in [0.3, 0.4) is 0 Å². The number of halogens is 4. The van der Waals surface area contributed by atoms with Crippen molar-refractivity contribution >= 4 is 0 Å². The molecule has 0 bridgehead atoms. The third kappa shape index (κ3) is 5.40. The summed E-state index contributed by atoms with van der Waals surface area (Å²) in [5.74, 6) is 2.19. The molecule has 3 aliphatic rings. The van der Waals surface area contributed by atoms with Crippen LogP contribution in [0.5, 0.6) is 0 Å². The lowest BCUT2D eigenvalue weighted by Gasteiger charge is -2.21. The molecule has 5 nitrogen and oxygen atoms in total. The molecule has 1 aromatic heterocycles. The van der Waals surface area contributed by atoms with E-state index in [-0.39, 0.29) is 5.41 Å². The number of aryl methyl sites for hydroxylation is 1. The van der Waals surface area contributed by atoms with Gasteiger partial charge in [0.2, 0.25) is 0 Å². The highest BCUT2D eigenvalue weighted by molar-refractivity contribution is 5.28. The maximum absolute atomic E-state index is 14.3. The van der Waals surface area contributed by atoms with Gasteiger partial charge in [0, 0.05) is 39.1 Å². The summed E-state index contributed by atoms with van der Waals surface area (Å²) in [7, 11) is 2.07. The number of hydrogen-bond donors (Lipinski definition) is 0. The summed E-state index contributed by atoms with van der Waals surface area (Å²) < 4.78 is 60.3. The molecular weight excluding hydrogens is 460 g/mol. The van der Waals surface area contributed by atoms with Crippen LogP contribution in [-0.4, -0.2) is 52.5 Å². The third-order valence-electron chi connectivity index (χ3n) is 8.38. The van der Waals surface area contributed by atoms with Crippen molar-refractivity contribution in [2.45, 2.75) is 63.5 Å². The average molecular weight is 495 g/mol. The van der Waals surface area contributed by atoms with Gasteiger partial charge in [0.05, 0.1) is 5.56 Å². The summed E-state index contributed by atoms with van der Waals surface area (Å²) in [6, 6.07) is 2.95. The number of rotatable bonds is 8. The fourth-order valence-electron chi connectivity index (χ4n) is 6.07. The van der Waals surface area contributed by atoms with Crippen LogP contribution in [0.2, 0.25) is 0 Å². The Labute approximate surface area is 203 Å². The molecule has 2 aromatic rings. The molecule has 35 heavy (non-hydrogen) atoms. The van der Waals surface area contributed by atoms with E-state index in [1.54, 1.807) is 0 Å². The van der Waals surface area contributed by atoms with Gasteiger partial charge in [0.15, 0.2) is 0 Å². The molecule has 2 saturated heterocycles. The number of benzene rings is 1. The lowest BCUT2D eigenvalue weighted by Crippen LogP contribution is -2.23. The van der Waals surface area contributed by atoms with E-state index in [2.05, 4.69) is 26.7 Å². The second kappa shape index (κ2) is 9.81. The van der Waals surface area contributed by atoms with Crippen LogP contribution >= 0.6 is 0 Å². The predicted molar refractivity (Wildman–Crippen MR) is 123 cm³/mol. The molecule has 3 fully saturated rings. The smallest absolute Gasteiger partial charge is 0.381 e. The number of ether oxygens (including phenoxy) is 1. The van der Waals surface area contributed by atoms with E-state index < -0.39 is 17.6 Å². The SMILES string of the molecule is Cn1c(CCCCN2CC[C@@]3(C[C@H]3Cc3ccc(C(F)(F)F)cc3F)C2)nnc1C1CCOCC1. The van der Waals surface area contributed by atoms with Crippen molar-refractivity contribution in [3.8, 4) is 0 Å². The van der Waals surface area contributed by atoms with Gasteiger partial charge in [-0.05, 0) is 87.1 Å². The van der Waals surface area contributed by atoms with Gasteiger partial charge in [-0.1, -0.05) is 6.07 Å². The van der Waals surface area contributed by atoms with Gasteiger partial charge in [0.25, 0.3) is 0 Å². The summed E-state index contributed by atoms with van der Waals surface area (Å²) >= 11 is 0. The van der Waals surface area contributed by atoms with Gasteiger partial charge in [-0.3, -0.25) is 0 Å². The van der Waals surface area contributed by atoms with E-state index in [0.717, 1.165) is 95.5 Å². The second-order valence-electron chi connectivity index (χ2n) is 10.7. The van der Waals surface area contributed by atoms with Crippen LogP contribution in [0.15, 0.2) is 18.2 Å². The zero-order chi connectivity index (χ0) is 24.6. The Morgan fingerprint density at radius 1 is 1.14 bits per heavy atom. The van der Waals surface area contributed by atoms with E-state index in [0.29, 0.717) is 29.9 Å². The standard InChI is InChI=1S/C26H34F4N4O/c1-33-23(31-32-24(33)18-7-12-35-13-8-18)4-2-3-10-34-11-9-25(17-34)16-21(25)14-19-5-6-20(15-22(19)27)26(28,29)30/h5-6,15,18,21H,2-4,7-14,16-17H2,1H3/t21-,25-/m1/s1. The highest BCUT2D eigenvalue weighted by Crippen LogP contribution is 2.59. The Hall–Kier alpha value is -2.00. The predicted octanol–water partition coefficient (Wildman–Crippen LogP) is 5.14. The summed E-state index contributed by atoms with van der Waals surface area (Å²) in [5, 5.41) is 8.89. The number of hydrogen-bond acceptors (Lipinski definition) is 4. The van der Waals surface area contributed by atoms with Gasteiger partial charge >= 0.3 is 6.18 Å². The van der Waals surface area contributed by atoms with Gasteiger partial charge in [-0.2, -0.15) is 13.2 Å². The number of likely N-dealkylation sites (tertiary alicyclic amines) is 1. The lowest BCUT2D eigenvalue weighted by molar-refractivity contribution is -0.137. The third-order valence-corrected chi connectivity index (χ3v) is 8.38. The van der Waals surface area contributed by atoms with Crippen LogP contribution in [0, 0.1) is 17.2 Å². The van der Waals surface area contributed by atoms with Crippen LogP contribution < -0.4 is 0 Å². The Morgan fingerprint density at radius 3 is 2.69 bits per heavy atom. The van der Waals surface area contributed by atoms with Crippen molar-refractivity contribution in [1.82, 2.24) is 19.7 Å². The van der Waals surface area contributed by atoms with Crippen molar-refractivity contribution < 1.29 is 22.3 Å². The molecule has 0 amide bonds. The van der Waals surface area contributed by atoms with E-state index in [9.17, 15) is 17.6 Å². The molecule has 0 radical (unpaired) electrons. The molecule has 3 heterocycles. The fourth-order valence-corrected chi connectivity index (χ4v) is 6.07. The zero-order valence-corrected chi connectivity index (χ0v) is 20.3. The fraction of sp³-hybridized carbons (Fsp3) is 0.692. The molecule has 5 rings (SSSR count). The maximum Gasteiger partial charge on any atom is 0.416 e. The van der Waals surface area contributed by atoms with Crippen molar-refractivity contribution in [3.63, 3.8) is 0 Å². The highest BCUT2D eigenvalue weighted by Gasteiger charge is 2.56. The Balaban J connectivity index is 1.05. The molecule has 0 N–H and O–H groups in total. The van der Waals surface area contributed by atoms with Crippen LogP contribution in [0.4, 0.5) is 17.6 Å². The largest absolute Gasteiger partial charge is 0.416 e. The molecule has 1 aromatic carbocycles. The van der Waals surface area contributed by atoms with Gasteiger partial charge in [0.1, 0.15) is 17.5 Å². The first-order valence-corrected chi connectivity index (χ1v) is 12.8. The Bertz CT molecular complexity index is 1030. The second-order valence-corrected chi connectivity index (χ2v) is 10.7. The molecule has 9 heteroatoms. The zero-order valence-electron chi connectivity index (χ0n) is 20.3. The number of alkyl halides is 3. The molecule has 192 valence electrons. The van der Waals surface area contributed by atoms with Gasteiger partial charge < -0.3 is 14.2 Å². The quantitative estimate of drug-likeness (QED) is 0.376. The first-order chi connectivity index (χ1) is 16.7. The Morgan fingerprint density at radius 2 is 1.94 bits per heavy atom. The minimum absolute atomic E-state index is 0.220. The van der Waals surface area contributed by atoms with E-state index >= 15 is 0 Å². The Kier molecular flexibility index (Phi) is 6.92. The van der Waals surface area contributed by atoms with Gasteiger partial charge in [-0.15, -0.1) is 10.2 Å². The van der Waals surface area contributed by atoms with Crippen molar-refractivity contribution in [1.29, 1.82) is 0 Å². The molecular formula is C26H34F4N4O.